The number of pyridine rings is 1. The number of allylic oxidation sites excluding steroid dienone is 1. The molecule has 0 aromatic carbocycles. The Bertz CT molecular complexity index is 1650. The van der Waals surface area contributed by atoms with E-state index in [0.29, 0.717) is 5.52 Å². The number of fused-ring (bicyclic) bond motifs is 2. The normalized spacial score (nSPS) is 21.1. The van der Waals surface area contributed by atoms with Gasteiger partial charge >= 0.3 is 0 Å². The quantitative estimate of drug-likeness (QED) is 0.329. The summed E-state index contributed by atoms with van der Waals surface area (Å²) in [4.78, 5) is 8.64. The van der Waals surface area contributed by atoms with E-state index in [-0.39, 0.29) is 60.2 Å². The van der Waals surface area contributed by atoms with Crippen LogP contribution in [0.1, 0.15) is 13.3 Å². The largest absolute Gasteiger partial charge is 0.382 e. The molecule has 0 aliphatic carbocycles. The van der Waals surface area contributed by atoms with Crippen molar-refractivity contribution in [2.45, 2.75) is 31.6 Å². The summed E-state index contributed by atoms with van der Waals surface area (Å²) < 4.78 is 71.5. The summed E-state index contributed by atoms with van der Waals surface area (Å²) in [5, 5.41) is 15.0. The average molecular weight is 551 g/mol. The van der Waals surface area contributed by atoms with Crippen molar-refractivity contribution in [3.63, 3.8) is 0 Å². The number of hydrogen-bond donors (Lipinski definition) is 2. The number of alkyl halides is 2. The van der Waals surface area contributed by atoms with Gasteiger partial charge in [0.25, 0.3) is 0 Å². The molecule has 0 saturated carbocycles. The van der Waals surface area contributed by atoms with Gasteiger partial charge in [0.05, 0.1) is 42.8 Å². The molecule has 1 fully saturated rings. The number of anilines is 2. The van der Waals surface area contributed by atoms with Crippen molar-refractivity contribution in [1.29, 1.82) is 0 Å². The second-order valence-corrected chi connectivity index (χ2v) is 11.0. The molecule has 4 aromatic heterocycles. The summed E-state index contributed by atoms with van der Waals surface area (Å²) in [5.41, 5.74) is 5.21. The molecule has 5 rings (SSSR count). The summed E-state index contributed by atoms with van der Waals surface area (Å²) in [7, 11) is -3.59. The van der Waals surface area contributed by atoms with Gasteiger partial charge in [-0.3, -0.25) is 0 Å². The molecule has 1 saturated heterocycles. The van der Waals surface area contributed by atoms with Gasteiger partial charge in [-0.15, -0.1) is 10.2 Å². The number of piperidine rings is 1. The SMILES string of the molecule is C/C=C/C1(F)CN(S(C)(=O)=O)CC[C@H]1Nc1nc(N)c2c(-c3ccc4nnn(CCF)c4n3)c(F)cn2n1. The lowest BCUT2D eigenvalue weighted by molar-refractivity contribution is 0.115. The van der Waals surface area contributed by atoms with Crippen molar-refractivity contribution in [2.75, 3.05) is 37.1 Å². The molecular weight excluding hydrogens is 525 g/mol. The maximum atomic E-state index is 15.9. The van der Waals surface area contributed by atoms with Crippen LogP contribution in [0.5, 0.6) is 0 Å². The van der Waals surface area contributed by atoms with Gasteiger partial charge in [0.2, 0.25) is 16.0 Å². The lowest BCUT2D eigenvalue weighted by Gasteiger charge is -2.40. The van der Waals surface area contributed by atoms with Crippen LogP contribution in [-0.2, 0) is 16.6 Å². The molecule has 1 aliphatic rings. The Kier molecular flexibility index (Phi) is 6.46. The van der Waals surface area contributed by atoms with Crippen molar-refractivity contribution in [1.82, 2.24) is 38.9 Å². The van der Waals surface area contributed by atoms with Crippen LogP contribution >= 0.6 is 0 Å². The third-order valence-corrected chi connectivity index (χ3v) is 7.65. The van der Waals surface area contributed by atoms with Gasteiger partial charge in [0.15, 0.2) is 23.0 Å². The zero-order valence-corrected chi connectivity index (χ0v) is 21.3. The zero-order valence-electron chi connectivity index (χ0n) is 20.5. The van der Waals surface area contributed by atoms with Crippen molar-refractivity contribution >= 4 is 38.5 Å². The molecule has 0 radical (unpaired) electrons. The highest BCUT2D eigenvalue weighted by Crippen LogP contribution is 2.34. The topological polar surface area (TPSA) is 149 Å². The van der Waals surface area contributed by atoms with Gasteiger partial charge in [0, 0.05) is 6.54 Å². The highest BCUT2D eigenvalue weighted by atomic mass is 32.2. The van der Waals surface area contributed by atoms with Gasteiger partial charge < -0.3 is 11.1 Å². The lowest BCUT2D eigenvalue weighted by Crippen LogP contribution is -2.57. The summed E-state index contributed by atoms with van der Waals surface area (Å²) in [5.74, 6) is -0.841. The van der Waals surface area contributed by atoms with E-state index in [2.05, 4.69) is 30.7 Å². The standard InChI is InChI=1S/C22H25F3N10O2S/c1-3-7-22(25)12-33(38(2,36)37)9-6-16(22)28-21-29-19(26)18-17(13(24)11-35(18)31-21)14-4-5-15-20(27-14)34(10-8-23)32-30-15/h3-5,7,11,16H,6,8-10,12H2,1-2H3,(H3,26,28,29,31)/b7-3+/t16-,22?/m1/s1. The second kappa shape index (κ2) is 9.50. The summed E-state index contributed by atoms with van der Waals surface area (Å²) in [6.07, 6.45) is 5.06. The van der Waals surface area contributed by atoms with Crippen LogP contribution < -0.4 is 11.1 Å². The van der Waals surface area contributed by atoms with E-state index < -0.39 is 34.2 Å². The fourth-order valence-electron chi connectivity index (χ4n) is 4.66. The average Bonchev–Trinajstić information content (AvgIpc) is 3.40. The number of nitrogen functional groups attached to an aromatic ring is 1. The van der Waals surface area contributed by atoms with E-state index in [4.69, 9.17) is 5.73 Å². The first-order chi connectivity index (χ1) is 18.0. The molecule has 1 unspecified atom stereocenters. The van der Waals surface area contributed by atoms with Gasteiger partial charge in [-0.2, -0.15) is 9.29 Å². The maximum Gasteiger partial charge on any atom is 0.243 e. The molecule has 12 nitrogen and oxygen atoms in total. The smallest absolute Gasteiger partial charge is 0.243 e. The Labute approximate surface area is 215 Å². The van der Waals surface area contributed by atoms with Crippen LogP contribution in [-0.4, -0.2) is 85.0 Å². The fraction of sp³-hybridized carbons (Fsp3) is 0.409. The van der Waals surface area contributed by atoms with Crippen LogP contribution in [0.15, 0.2) is 30.5 Å². The predicted octanol–water partition coefficient (Wildman–Crippen LogP) is 1.96. The third-order valence-electron chi connectivity index (χ3n) is 6.40. The molecule has 0 amide bonds. The number of nitrogens with zero attached hydrogens (tertiary/aromatic N) is 8. The van der Waals surface area contributed by atoms with Crippen LogP contribution in [0.3, 0.4) is 0 Å². The molecule has 202 valence electrons. The summed E-state index contributed by atoms with van der Waals surface area (Å²) in [6, 6.07) is 2.24. The van der Waals surface area contributed by atoms with E-state index in [9.17, 15) is 12.8 Å². The number of sulfonamides is 1. The molecule has 2 atom stereocenters. The Morgan fingerprint density at radius 2 is 2.11 bits per heavy atom. The number of halogens is 3. The minimum absolute atomic E-state index is 0.0270. The van der Waals surface area contributed by atoms with Crippen LogP contribution in [0.2, 0.25) is 0 Å². The van der Waals surface area contributed by atoms with Crippen LogP contribution in [0.25, 0.3) is 27.9 Å². The number of aryl methyl sites for hydroxylation is 1. The first-order valence-corrected chi connectivity index (χ1v) is 13.5. The Balaban J connectivity index is 1.51. The van der Waals surface area contributed by atoms with Crippen molar-refractivity contribution in [2.24, 2.45) is 0 Å². The molecule has 16 heteroatoms. The number of nitrogens with two attached hydrogens (primary N) is 1. The first-order valence-electron chi connectivity index (χ1n) is 11.7. The van der Waals surface area contributed by atoms with Crippen molar-refractivity contribution in [3.8, 4) is 11.3 Å². The maximum absolute atomic E-state index is 15.9. The predicted molar refractivity (Wildman–Crippen MR) is 135 cm³/mol. The third kappa shape index (κ3) is 4.53. The molecule has 0 spiro atoms. The molecule has 38 heavy (non-hydrogen) atoms. The lowest BCUT2D eigenvalue weighted by atomic mass is 9.89. The van der Waals surface area contributed by atoms with Crippen molar-refractivity contribution < 1.29 is 21.6 Å². The number of aromatic nitrogens is 7. The highest BCUT2D eigenvalue weighted by Gasteiger charge is 2.45. The highest BCUT2D eigenvalue weighted by molar-refractivity contribution is 7.88. The van der Waals surface area contributed by atoms with E-state index in [1.54, 1.807) is 13.0 Å². The van der Waals surface area contributed by atoms with Crippen LogP contribution in [0, 0.1) is 5.82 Å². The molecular formula is C22H25F3N10O2S. The van der Waals surface area contributed by atoms with E-state index in [1.165, 1.54) is 27.4 Å². The summed E-state index contributed by atoms with van der Waals surface area (Å²) >= 11 is 0. The molecule has 0 bridgehead atoms. The van der Waals surface area contributed by atoms with Gasteiger partial charge in [-0.1, -0.05) is 11.3 Å². The van der Waals surface area contributed by atoms with Gasteiger partial charge in [-0.25, -0.2) is 35.8 Å². The Morgan fingerprint density at radius 3 is 2.82 bits per heavy atom. The molecule has 5 heterocycles. The Hall–Kier alpha value is -3.79. The first kappa shape index (κ1) is 25.8. The molecule has 1 aliphatic heterocycles. The van der Waals surface area contributed by atoms with Gasteiger partial charge in [0.1, 0.15) is 17.7 Å². The van der Waals surface area contributed by atoms with Crippen LogP contribution in [0.4, 0.5) is 24.9 Å². The van der Waals surface area contributed by atoms with Gasteiger partial charge in [-0.05, 0) is 31.6 Å². The van der Waals surface area contributed by atoms with E-state index in [1.807, 2.05) is 0 Å². The van der Waals surface area contributed by atoms with E-state index in [0.717, 1.165) is 16.8 Å². The second-order valence-electron chi connectivity index (χ2n) is 9.02. The number of nitrogens with one attached hydrogen (secondary N) is 1. The number of hydrogen-bond acceptors (Lipinski definition) is 9. The molecule has 4 aromatic rings. The fourth-order valence-corrected chi connectivity index (χ4v) is 5.53. The number of rotatable bonds is 7. The molecule has 3 N–H and O–H groups in total. The summed E-state index contributed by atoms with van der Waals surface area (Å²) in [6.45, 7) is 0.622. The minimum Gasteiger partial charge on any atom is -0.382 e. The Morgan fingerprint density at radius 1 is 1.32 bits per heavy atom. The monoisotopic (exact) mass is 550 g/mol. The van der Waals surface area contributed by atoms with Crippen molar-refractivity contribution in [3.05, 3.63) is 36.3 Å². The van der Waals surface area contributed by atoms with E-state index >= 15 is 8.78 Å². The minimum atomic E-state index is -3.59. The zero-order chi connectivity index (χ0) is 27.2.